The number of ether oxygens (including phenoxy) is 1. The Morgan fingerprint density at radius 2 is 2.13 bits per heavy atom. The molecule has 0 spiro atoms. The van der Waals surface area contributed by atoms with Crippen LogP contribution >= 0.6 is 0 Å². The van der Waals surface area contributed by atoms with Gasteiger partial charge in [-0.05, 0) is 50.4 Å². The Morgan fingerprint density at radius 1 is 1.33 bits per heavy atom. The molecule has 2 unspecified atom stereocenters. The van der Waals surface area contributed by atoms with Crippen molar-refractivity contribution >= 4 is 0 Å². The third-order valence-corrected chi connectivity index (χ3v) is 4.43. The molecule has 2 atom stereocenters. The fourth-order valence-corrected chi connectivity index (χ4v) is 2.74. The summed E-state index contributed by atoms with van der Waals surface area (Å²) >= 11 is 0. The standard InChI is InChI=1S/C13H25NO/c1-3-13(7-8-13)10-14-11-5-4-6-12(9-11)15-2/h11-12,14H,3-10H2,1-2H3. The summed E-state index contributed by atoms with van der Waals surface area (Å²) in [7, 11) is 1.85. The van der Waals surface area contributed by atoms with Crippen LogP contribution in [0.2, 0.25) is 0 Å². The summed E-state index contributed by atoms with van der Waals surface area (Å²) in [6, 6.07) is 0.715. The highest BCUT2D eigenvalue weighted by atomic mass is 16.5. The van der Waals surface area contributed by atoms with Crippen molar-refractivity contribution in [3.05, 3.63) is 0 Å². The van der Waals surface area contributed by atoms with E-state index in [1.165, 1.54) is 51.5 Å². The van der Waals surface area contributed by atoms with Crippen molar-refractivity contribution in [3.8, 4) is 0 Å². The number of hydrogen-bond acceptors (Lipinski definition) is 2. The van der Waals surface area contributed by atoms with Crippen molar-refractivity contribution in [1.29, 1.82) is 0 Å². The summed E-state index contributed by atoms with van der Waals surface area (Å²) in [6.45, 7) is 3.57. The maximum absolute atomic E-state index is 5.46. The van der Waals surface area contributed by atoms with Gasteiger partial charge in [0.25, 0.3) is 0 Å². The average molecular weight is 211 g/mol. The molecule has 0 aliphatic heterocycles. The Bertz CT molecular complexity index is 201. The molecular formula is C13H25NO. The molecule has 15 heavy (non-hydrogen) atoms. The predicted octanol–water partition coefficient (Wildman–Crippen LogP) is 2.72. The Hall–Kier alpha value is -0.0800. The van der Waals surface area contributed by atoms with E-state index in [0.29, 0.717) is 17.6 Å². The molecule has 2 saturated carbocycles. The van der Waals surface area contributed by atoms with Gasteiger partial charge in [0.2, 0.25) is 0 Å². The lowest BCUT2D eigenvalue weighted by molar-refractivity contribution is 0.0579. The lowest BCUT2D eigenvalue weighted by Crippen LogP contribution is -2.39. The van der Waals surface area contributed by atoms with E-state index in [0.717, 1.165) is 0 Å². The number of rotatable bonds is 5. The van der Waals surface area contributed by atoms with Gasteiger partial charge in [0.05, 0.1) is 6.10 Å². The molecule has 2 rings (SSSR count). The van der Waals surface area contributed by atoms with E-state index in [2.05, 4.69) is 12.2 Å². The van der Waals surface area contributed by atoms with E-state index in [1.54, 1.807) is 0 Å². The van der Waals surface area contributed by atoms with Crippen LogP contribution in [0.5, 0.6) is 0 Å². The average Bonchev–Trinajstić information content (AvgIpc) is 3.07. The summed E-state index contributed by atoms with van der Waals surface area (Å²) in [5.74, 6) is 0. The second kappa shape index (κ2) is 4.84. The van der Waals surface area contributed by atoms with Gasteiger partial charge in [0.1, 0.15) is 0 Å². The third-order valence-electron chi connectivity index (χ3n) is 4.43. The molecule has 2 aliphatic rings. The Balaban J connectivity index is 1.70. The van der Waals surface area contributed by atoms with Gasteiger partial charge >= 0.3 is 0 Å². The molecule has 0 aromatic carbocycles. The molecule has 0 radical (unpaired) electrons. The Morgan fingerprint density at radius 3 is 2.73 bits per heavy atom. The zero-order valence-electron chi connectivity index (χ0n) is 10.2. The minimum Gasteiger partial charge on any atom is -0.381 e. The monoisotopic (exact) mass is 211 g/mol. The molecule has 0 bridgehead atoms. The smallest absolute Gasteiger partial charge is 0.0586 e. The quantitative estimate of drug-likeness (QED) is 0.755. The van der Waals surface area contributed by atoms with Crippen LogP contribution in [0, 0.1) is 5.41 Å². The largest absolute Gasteiger partial charge is 0.381 e. The molecule has 0 amide bonds. The summed E-state index contributed by atoms with van der Waals surface area (Å²) < 4.78 is 5.46. The van der Waals surface area contributed by atoms with E-state index in [4.69, 9.17) is 4.74 Å². The normalized spacial score (nSPS) is 34.0. The first-order chi connectivity index (χ1) is 7.28. The van der Waals surface area contributed by atoms with Crippen molar-refractivity contribution in [3.63, 3.8) is 0 Å². The van der Waals surface area contributed by atoms with Crippen molar-refractivity contribution in [1.82, 2.24) is 5.32 Å². The molecule has 2 aliphatic carbocycles. The van der Waals surface area contributed by atoms with Crippen LogP contribution in [0.3, 0.4) is 0 Å². The number of nitrogens with one attached hydrogen (secondary N) is 1. The molecule has 0 aromatic heterocycles. The van der Waals surface area contributed by atoms with Crippen LogP contribution in [0.25, 0.3) is 0 Å². The van der Waals surface area contributed by atoms with E-state index in [1.807, 2.05) is 7.11 Å². The van der Waals surface area contributed by atoms with E-state index in [-0.39, 0.29) is 0 Å². The predicted molar refractivity (Wildman–Crippen MR) is 63.0 cm³/mol. The van der Waals surface area contributed by atoms with Gasteiger partial charge in [-0.1, -0.05) is 6.92 Å². The molecule has 2 nitrogen and oxygen atoms in total. The fraction of sp³-hybridized carbons (Fsp3) is 1.00. The van der Waals surface area contributed by atoms with Gasteiger partial charge in [-0.3, -0.25) is 0 Å². The van der Waals surface area contributed by atoms with Gasteiger partial charge < -0.3 is 10.1 Å². The maximum atomic E-state index is 5.46. The van der Waals surface area contributed by atoms with Crippen LogP contribution in [0.4, 0.5) is 0 Å². The lowest BCUT2D eigenvalue weighted by Gasteiger charge is -2.30. The first-order valence-electron chi connectivity index (χ1n) is 6.54. The van der Waals surface area contributed by atoms with Gasteiger partial charge in [0, 0.05) is 19.7 Å². The summed E-state index contributed by atoms with van der Waals surface area (Å²) in [5.41, 5.74) is 0.681. The molecule has 1 N–H and O–H groups in total. The van der Waals surface area contributed by atoms with Crippen molar-refractivity contribution in [2.45, 2.75) is 64.0 Å². The fourth-order valence-electron chi connectivity index (χ4n) is 2.74. The van der Waals surface area contributed by atoms with Crippen LogP contribution < -0.4 is 5.32 Å². The van der Waals surface area contributed by atoms with Crippen molar-refractivity contribution < 1.29 is 4.74 Å². The topological polar surface area (TPSA) is 21.3 Å². The first kappa shape index (κ1) is 11.4. The molecular weight excluding hydrogens is 186 g/mol. The lowest BCUT2D eigenvalue weighted by atomic mass is 9.92. The highest BCUT2D eigenvalue weighted by Crippen LogP contribution is 2.48. The van der Waals surface area contributed by atoms with Gasteiger partial charge in [0.15, 0.2) is 0 Å². The van der Waals surface area contributed by atoms with E-state index < -0.39 is 0 Å². The minimum atomic E-state index is 0.507. The van der Waals surface area contributed by atoms with Gasteiger partial charge in [-0.2, -0.15) is 0 Å². The highest BCUT2D eigenvalue weighted by Gasteiger charge is 2.40. The van der Waals surface area contributed by atoms with Crippen LogP contribution in [0.15, 0.2) is 0 Å². The van der Waals surface area contributed by atoms with E-state index >= 15 is 0 Å². The first-order valence-corrected chi connectivity index (χ1v) is 6.54. The van der Waals surface area contributed by atoms with Crippen LogP contribution in [0.1, 0.15) is 51.9 Å². The Labute approximate surface area is 93.8 Å². The number of methoxy groups -OCH3 is 1. The second-order valence-electron chi connectivity index (χ2n) is 5.46. The van der Waals surface area contributed by atoms with Crippen molar-refractivity contribution in [2.24, 2.45) is 5.41 Å². The molecule has 2 heteroatoms. The zero-order valence-corrected chi connectivity index (χ0v) is 10.2. The molecule has 0 heterocycles. The summed E-state index contributed by atoms with van der Waals surface area (Å²) in [6.07, 6.45) is 9.89. The Kier molecular flexibility index (Phi) is 3.68. The molecule has 2 fully saturated rings. The molecule has 0 saturated heterocycles. The molecule has 0 aromatic rings. The zero-order chi connectivity index (χ0) is 10.7. The van der Waals surface area contributed by atoms with Crippen LogP contribution in [-0.2, 0) is 4.74 Å². The summed E-state index contributed by atoms with van der Waals surface area (Å²) in [4.78, 5) is 0. The van der Waals surface area contributed by atoms with Gasteiger partial charge in [-0.15, -0.1) is 0 Å². The number of hydrogen-bond donors (Lipinski definition) is 1. The molecule has 88 valence electrons. The maximum Gasteiger partial charge on any atom is 0.0586 e. The van der Waals surface area contributed by atoms with Gasteiger partial charge in [-0.25, -0.2) is 0 Å². The minimum absolute atomic E-state index is 0.507. The SMILES string of the molecule is CCC1(CNC2CCCC(OC)C2)CC1. The van der Waals surface area contributed by atoms with Crippen LogP contribution in [-0.4, -0.2) is 25.8 Å². The van der Waals surface area contributed by atoms with Crippen molar-refractivity contribution in [2.75, 3.05) is 13.7 Å². The summed E-state index contributed by atoms with van der Waals surface area (Å²) in [5, 5.41) is 3.76. The third kappa shape index (κ3) is 2.94. The highest BCUT2D eigenvalue weighted by molar-refractivity contribution is 4.94. The van der Waals surface area contributed by atoms with E-state index in [9.17, 15) is 0 Å². The second-order valence-corrected chi connectivity index (χ2v) is 5.46.